The molecule has 0 aliphatic carbocycles. The third kappa shape index (κ3) is 2.09. The first kappa shape index (κ1) is 14.1. The van der Waals surface area contributed by atoms with Crippen molar-refractivity contribution in [2.45, 2.75) is 32.6 Å². The summed E-state index contributed by atoms with van der Waals surface area (Å²) in [5.41, 5.74) is 3.21. The summed E-state index contributed by atoms with van der Waals surface area (Å²) in [6.45, 7) is 6.71. The Kier molecular flexibility index (Phi) is 3.08. The van der Waals surface area contributed by atoms with Gasteiger partial charge in [-0.3, -0.25) is 4.98 Å². The quantitative estimate of drug-likeness (QED) is 0.449. The topological polar surface area (TPSA) is 25.8 Å². The molecule has 23 heavy (non-hydrogen) atoms. The summed E-state index contributed by atoms with van der Waals surface area (Å²) in [6, 6.07) is 17.1. The van der Waals surface area contributed by atoms with E-state index >= 15 is 0 Å². The number of hydrogen-bond donors (Lipinski definition) is 0. The van der Waals surface area contributed by atoms with Gasteiger partial charge in [0.2, 0.25) is 0 Å². The number of aromatic nitrogens is 2. The van der Waals surface area contributed by atoms with Crippen LogP contribution in [0.25, 0.3) is 32.6 Å². The highest BCUT2D eigenvalue weighted by atomic mass is 14.8. The second-order valence-corrected chi connectivity index (χ2v) is 6.78. The highest BCUT2D eigenvalue weighted by Gasteiger charge is 2.21. The summed E-state index contributed by atoms with van der Waals surface area (Å²) in [6.07, 6.45) is 2.92. The molecule has 4 aromatic rings. The summed E-state index contributed by atoms with van der Waals surface area (Å²) in [4.78, 5) is 9.68. The molecule has 2 heterocycles. The monoisotopic (exact) mass is 300 g/mol. The van der Waals surface area contributed by atoms with Gasteiger partial charge in [-0.2, -0.15) is 0 Å². The van der Waals surface area contributed by atoms with E-state index in [0.29, 0.717) is 0 Å². The molecule has 2 heteroatoms. The van der Waals surface area contributed by atoms with Crippen LogP contribution >= 0.6 is 0 Å². The van der Waals surface area contributed by atoms with Crippen LogP contribution in [0.15, 0.2) is 54.7 Å². The lowest BCUT2D eigenvalue weighted by atomic mass is 9.85. The Balaban J connectivity index is 2.21. The van der Waals surface area contributed by atoms with Crippen LogP contribution < -0.4 is 0 Å². The van der Waals surface area contributed by atoms with E-state index in [-0.39, 0.29) is 5.41 Å². The molecule has 0 N–H and O–H groups in total. The minimum absolute atomic E-state index is 0.0704. The van der Waals surface area contributed by atoms with Gasteiger partial charge in [0.25, 0.3) is 0 Å². The van der Waals surface area contributed by atoms with Gasteiger partial charge >= 0.3 is 0 Å². The van der Waals surface area contributed by atoms with Gasteiger partial charge in [-0.05, 0) is 29.3 Å². The molecule has 4 rings (SSSR count). The molecular formula is C21H20N2. The molecule has 2 aromatic carbocycles. The minimum Gasteiger partial charge on any atom is -0.254 e. The lowest BCUT2D eigenvalue weighted by Crippen LogP contribution is -2.17. The molecule has 2 nitrogen and oxygen atoms in total. The first-order chi connectivity index (χ1) is 11.1. The number of pyridine rings is 2. The van der Waals surface area contributed by atoms with Gasteiger partial charge in [0.15, 0.2) is 0 Å². The van der Waals surface area contributed by atoms with Gasteiger partial charge in [-0.1, -0.05) is 57.2 Å². The molecule has 0 aliphatic rings. The maximum Gasteiger partial charge on any atom is 0.0974 e. The van der Waals surface area contributed by atoms with Crippen LogP contribution in [0.1, 0.15) is 32.9 Å². The highest BCUT2D eigenvalue weighted by molar-refractivity contribution is 6.22. The van der Waals surface area contributed by atoms with E-state index in [1.54, 1.807) is 0 Å². The molecule has 0 aliphatic heterocycles. The van der Waals surface area contributed by atoms with Crippen molar-refractivity contribution < 1.29 is 0 Å². The zero-order valence-corrected chi connectivity index (χ0v) is 13.8. The fraction of sp³-hybridized carbons (Fsp3) is 0.238. The number of rotatable bonds is 2. The summed E-state index contributed by atoms with van der Waals surface area (Å²) in [5.74, 6) is 0. The standard InChI is InChI=1S/C21H20N2/c1-4-21(2,3)18-12-11-17-15-9-6-5-8-14(15)16-10-7-13-22-19(16)20(17)23-18/h5-13H,4H2,1-3H3. The van der Waals surface area contributed by atoms with Crippen LogP contribution in [0, 0.1) is 0 Å². The average molecular weight is 300 g/mol. The van der Waals surface area contributed by atoms with Crippen molar-refractivity contribution in [3.63, 3.8) is 0 Å². The predicted molar refractivity (Wildman–Crippen MR) is 97.9 cm³/mol. The summed E-state index contributed by atoms with van der Waals surface area (Å²) < 4.78 is 0. The van der Waals surface area contributed by atoms with Gasteiger partial charge in [0.1, 0.15) is 0 Å². The molecular weight excluding hydrogens is 280 g/mol. The van der Waals surface area contributed by atoms with Crippen LogP contribution in [0.3, 0.4) is 0 Å². The molecule has 0 fully saturated rings. The summed E-state index contributed by atoms with van der Waals surface area (Å²) in [5, 5.41) is 4.85. The number of benzene rings is 2. The Morgan fingerprint density at radius 2 is 1.43 bits per heavy atom. The fourth-order valence-electron chi connectivity index (χ4n) is 3.18. The Morgan fingerprint density at radius 1 is 0.783 bits per heavy atom. The minimum atomic E-state index is 0.0704. The van der Waals surface area contributed by atoms with Crippen molar-refractivity contribution in [1.29, 1.82) is 0 Å². The van der Waals surface area contributed by atoms with E-state index in [9.17, 15) is 0 Å². The second kappa shape index (κ2) is 5.02. The van der Waals surface area contributed by atoms with Crippen molar-refractivity contribution in [2.24, 2.45) is 0 Å². The van der Waals surface area contributed by atoms with Gasteiger partial charge in [-0.25, -0.2) is 4.98 Å². The molecule has 2 aromatic heterocycles. The van der Waals surface area contributed by atoms with E-state index in [2.05, 4.69) is 68.2 Å². The third-order valence-corrected chi connectivity index (χ3v) is 5.01. The highest BCUT2D eigenvalue weighted by Crippen LogP contribution is 2.34. The number of fused-ring (bicyclic) bond motifs is 6. The van der Waals surface area contributed by atoms with E-state index in [0.717, 1.165) is 23.1 Å². The fourth-order valence-corrected chi connectivity index (χ4v) is 3.18. The zero-order chi connectivity index (χ0) is 16.0. The number of hydrogen-bond acceptors (Lipinski definition) is 2. The van der Waals surface area contributed by atoms with Crippen LogP contribution in [0.4, 0.5) is 0 Å². The van der Waals surface area contributed by atoms with Gasteiger partial charge in [0, 0.05) is 28.1 Å². The molecule has 0 saturated heterocycles. The van der Waals surface area contributed by atoms with E-state index in [1.165, 1.54) is 21.5 Å². The molecule has 114 valence electrons. The van der Waals surface area contributed by atoms with E-state index in [1.807, 2.05) is 12.3 Å². The normalized spacial score (nSPS) is 12.3. The lowest BCUT2D eigenvalue weighted by molar-refractivity contribution is 0.492. The number of nitrogens with zero attached hydrogens (tertiary/aromatic N) is 2. The van der Waals surface area contributed by atoms with Crippen LogP contribution in [-0.2, 0) is 5.41 Å². The first-order valence-electron chi connectivity index (χ1n) is 8.18. The predicted octanol–water partition coefficient (Wildman–Crippen LogP) is 5.62. The maximum absolute atomic E-state index is 5.03. The van der Waals surface area contributed by atoms with E-state index in [4.69, 9.17) is 4.98 Å². The molecule has 0 atom stereocenters. The molecule has 0 unspecified atom stereocenters. The average Bonchev–Trinajstić information content (AvgIpc) is 2.61. The third-order valence-electron chi connectivity index (χ3n) is 5.01. The Morgan fingerprint density at radius 3 is 2.13 bits per heavy atom. The van der Waals surface area contributed by atoms with Gasteiger partial charge in [0.05, 0.1) is 11.0 Å². The van der Waals surface area contributed by atoms with Gasteiger partial charge in [-0.15, -0.1) is 0 Å². The summed E-state index contributed by atoms with van der Waals surface area (Å²) >= 11 is 0. The van der Waals surface area contributed by atoms with Crippen molar-refractivity contribution in [3.05, 3.63) is 60.4 Å². The van der Waals surface area contributed by atoms with E-state index < -0.39 is 0 Å². The van der Waals surface area contributed by atoms with Gasteiger partial charge < -0.3 is 0 Å². The zero-order valence-electron chi connectivity index (χ0n) is 13.8. The maximum atomic E-state index is 5.03. The molecule has 0 amide bonds. The van der Waals surface area contributed by atoms with Crippen molar-refractivity contribution >= 4 is 32.6 Å². The first-order valence-corrected chi connectivity index (χ1v) is 8.18. The SMILES string of the molecule is CCC(C)(C)c1ccc2c3ccccc3c3cccnc3c2n1. The molecule has 0 saturated carbocycles. The Labute approximate surface area is 136 Å². The Bertz CT molecular complexity index is 996. The second-order valence-electron chi connectivity index (χ2n) is 6.78. The van der Waals surface area contributed by atoms with Crippen LogP contribution in [-0.4, -0.2) is 9.97 Å². The Hall–Kier alpha value is -2.48. The molecule has 0 radical (unpaired) electrons. The van der Waals surface area contributed by atoms with Crippen molar-refractivity contribution in [2.75, 3.05) is 0 Å². The van der Waals surface area contributed by atoms with Crippen LogP contribution in [0.5, 0.6) is 0 Å². The molecule has 0 spiro atoms. The smallest absolute Gasteiger partial charge is 0.0974 e. The van der Waals surface area contributed by atoms with Crippen LogP contribution in [0.2, 0.25) is 0 Å². The molecule has 0 bridgehead atoms. The largest absolute Gasteiger partial charge is 0.254 e. The van der Waals surface area contributed by atoms with Crippen molar-refractivity contribution in [3.8, 4) is 0 Å². The van der Waals surface area contributed by atoms with Crippen molar-refractivity contribution in [1.82, 2.24) is 9.97 Å². The lowest BCUT2D eigenvalue weighted by Gasteiger charge is -2.22. The summed E-state index contributed by atoms with van der Waals surface area (Å²) in [7, 11) is 0.